The molecule has 0 aromatic heterocycles. The van der Waals surface area contributed by atoms with E-state index in [9.17, 15) is 13.2 Å². The van der Waals surface area contributed by atoms with Crippen LogP contribution in [-0.4, -0.2) is 25.2 Å². The molecular weight excluding hydrogens is 254 g/mol. The van der Waals surface area contributed by atoms with E-state index in [-0.39, 0.29) is 23.4 Å². The zero-order valence-corrected chi connectivity index (χ0v) is 10.3. The molecule has 2 N–H and O–H groups in total. The van der Waals surface area contributed by atoms with Gasteiger partial charge in [-0.15, -0.1) is 0 Å². The van der Waals surface area contributed by atoms with Crippen LogP contribution in [0.5, 0.6) is 0 Å². The number of anilines is 1. The summed E-state index contributed by atoms with van der Waals surface area (Å²) in [4.78, 5) is 11.9. The Hall–Kier alpha value is -2.07. The van der Waals surface area contributed by atoms with Crippen LogP contribution in [0.25, 0.3) is 0 Å². The fourth-order valence-corrected chi connectivity index (χ4v) is 3.46. The summed E-state index contributed by atoms with van der Waals surface area (Å²) in [5.41, 5.74) is 5.96. The third kappa shape index (κ3) is 1.80. The number of hydrogen-bond donors (Lipinski definition) is 1. The van der Waals surface area contributed by atoms with Crippen LogP contribution < -0.4 is 5.73 Å². The second-order valence-corrected chi connectivity index (χ2v) is 5.73. The maximum absolute atomic E-state index is 12.1. The van der Waals surface area contributed by atoms with E-state index in [1.807, 2.05) is 6.07 Å². The normalized spacial score (nSPS) is 16.4. The van der Waals surface area contributed by atoms with Crippen molar-refractivity contribution in [2.45, 2.75) is 17.7 Å². The van der Waals surface area contributed by atoms with Crippen LogP contribution in [-0.2, 0) is 10.0 Å². The molecule has 0 spiro atoms. The lowest BCUT2D eigenvalue weighted by atomic mass is 10.2. The molecule has 0 bridgehead atoms. The summed E-state index contributed by atoms with van der Waals surface area (Å²) in [5.74, 6) is -0.553. The second kappa shape index (κ2) is 4.31. The number of hydrogen-bond acceptors (Lipinski definition) is 5. The minimum atomic E-state index is -3.80. The smallest absolute Gasteiger partial charge is 0.269 e. The second-order valence-electron chi connectivity index (χ2n) is 3.90. The Bertz CT molecular complexity index is 646. The van der Waals surface area contributed by atoms with E-state index in [0.717, 1.165) is 4.31 Å². The highest BCUT2D eigenvalue weighted by Crippen LogP contribution is 2.31. The summed E-state index contributed by atoms with van der Waals surface area (Å²) in [5, 5.41) is 8.43. The zero-order valence-electron chi connectivity index (χ0n) is 9.46. The predicted octanol–water partition coefficient (Wildman–Crippen LogP) is 0.717. The molecule has 0 aliphatic carbocycles. The number of carbonyl (C=O) groups excluding carboxylic acids is 1. The molecule has 2 rings (SSSR count). The number of benzene rings is 1. The first kappa shape index (κ1) is 12.4. The van der Waals surface area contributed by atoms with Crippen LogP contribution in [0.2, 0.25) is 0 Å². The molecule has 0 fully saturated rings. The number of nitriles is 1. The van der Waals surface area contributed by atoms with E-state index >= 15 is 0 Å². The van der Waals surface area contributed by atoms with Gasteiger partial charge in [-0.1, -0.05) is 0 Å². The summed E-state index contributed by atoms with van der Waals surface area (Å²) < 4.78 is 25.0. The number of nitrogens with two attached hydrogens (primary N) is 1. The molecule has 0 unspecified atom stereocenters. The first-order chi connectivity index (χ1) is 8.48. The maximum atomic E-state index is 12.1. The number of nitrogens with zero attached hydrogens (tertiary/aromatic N) is 2. The lowest BCUT2D eigenvalue weighted by molar-refractivity contribution is 0.0870. The van der Waals surface area contributed by atoms with Crippen LogP contribution >= 0.6 is 0 Å². The first-order valence-corrected chi connectivity index (χ1v) is 6.76. The maximum Gasteiger partial charge on any atom is 0.269 e. The minimum absolute atomic E-state index is 0.0172. The molecule has 18 heavy (non-hydrogen) atoms. The number of carbonyl (C=O) groups is 1. The highest BCUT2D eigenvalue weighted by molar-refractivity contribution is 7.90. The highest BCUT2D eigenvalue weighted by Gasteiger charge is 2.40. The molecule has 94 valence electrons. The molecule has 6 nitrogen and oxygen atoms in total. The molecular formula is C11H11N3O3S. The molecule has 1 aromatic rings. The average Bonchev–Trinajstić information content (AvgIpc) is 2.50. The van der Waals surface area contributed by atoms with Gasteiger partial charge in [-0.2, -0.15) is 5.26 Å². The summed E-state index contributed by atoms with van der Waals surface area (Å²) in [7, 11) is -3.80. The number of amides is 1. The summed E-state index contributed by atoms with van der Waals surface area (Å²) in [6, 6.07) is 6.10. The largest absolute Gasteiger partial charge is 0.399 e. The van der Waals surface area contributed by atoms with Crippen LogP contribution in [0.4, 0.5) is 5.69 Å². The zero-order chi connectivity index (χ0) is 13.3. The molecule has 0 saturated heterocycles. The van der Waals surface area contributed by atoms with E-state index in [0.29, 0.717) is 12.1 Å². The van der Waals surface area contributed by atoms with E-state index in [2.05, 4.69) is 0 Å². The quantitative estimate of drug-likeness (QED) is 0.640. The van der Waals surface area contributed by atoms with Gasteiger partial charge in [0.05, 0.1) is 11.6 Å². The molecule has 1 aliphatic rings. The number of unbranched alkanes of at least 4 members (excludes halogenated alkanes) is 1. The van der Waals surface area contributed by atoms with E-state index in [4.69, 9.17) is 11.0 Å². The van der Waals surface area contributed by atoms with Crippen molar-refractivity contribution in [1.82, 2.24) is 4.31 Å². The lowest BCUT2D eigenvalue weighted by Crippen LogP contribution is -2.30. The van der Waals surface area contributed by atoms with Gasteiger partial charge < -0.3 is 5.73 Å². The summed E-state index contributed by atoms with van der Waals surface area (Å²) in [6.07, 6.45) is 0.530. The summed E-state index contributed by atoms with van der Waals surface area (Å²) >= 11 is 0. The standard InChI is InChI=1S/C11H11N3O3S/c12-5-1-2-6-14-11(15)9-4-3-8(13)7-10(9)18(14,16)17/h3-4,7H,1-2,6,13H2. The van der Waals surface area contributed by atoms with Crippen molar-refractivity contribution in [2.75, 3.05) is 12.3 Å². The Morgan fingerprint density at radius 3 is 2.78 bits per heavy atom. The number of rotatable bonds is 3. The Morgan fingerprint density at radius 1 is 1.39 bits per heavy atom. The van der Waals surface area contributed by atoms with Crippen LogP contribution in [0.1, 0.15) is 23.2 Å². The lowest BCUT2D eigenvalue weighted by Gasteiger charge is -2.13. The molecule has 1 amide bonds. The Kier molecular flexibility index (Phi) is 2.97. The van der Waals surface area contributed by atoms with Crippen LogP contribution in [0.15, 0.2) is 23.1 Å². The highest BCUT2D eigenvalue weighted by atomic mass is 32.2. The van der Waals surface area contributed by atoms with Gasteiger partial charge in [0.1, 0.15) is 4.90 Å². The van der Waals surface area contributed by atoms with Gasteiger partial charge in [0, 0.05) is 18.7 Å². The molecule has 0 atom stereocenters. The fraction of sp³-hybridized carbons (Fsp3) is 0.273. The molecule has 0 saturated carbocycles. The van der Waals surface area contributed by atoms with Gasteiger partial charge in [0.15, 0.2) is 0 Å². The average molecular weight is 265 g/mol. The van der Waals surface area contributed by atoms with E-state index in [1.54, 1.807) is 0 Å². The Balaban J connectivity index is 2.39. The van der Waals surface area contributed by atoms with Gasteiger partial charge in [0.2, 0.25) is 0 Å². The Labute approximate surface area is 105 Å². The van der Waals surface area contributed by atoms with Crippen molar-refractivity contribution < 1.29 is 13.2 Å². The number of fused-ring (bicyclic) bond motifs is 1. The van der Waals surface area contributed by atoms with Crippen molar-refractivity contribution >= 4 is 21.6 Å². The van der Waals surface area contributed by atoms with Crippen molar-refractivity contribution in [3.63, 3.8) is 0 Å². The number of nitrogen functional groups attached to an aromatic ring is 1. The van der Waals surface area contributed by atoms with Gasteiger partial charge in [0.25, 0.3) is 15.9 Å². The van der Waals surface area contributed by atoms with Gasteiger partial charge >= 0.3 is 0 Å². The van der Waals surface area contributed by atoms with Crippen molar-refractivity contribution in [2.24, 2.45) is 0 Å². The van der Waals surface area contributed by atoms with Crippen molar-refractivity contribution in [3.8, 4) is 6.07 Å². The summed E-state index contributed by atoms with van der Waals surface area (Å²) in [6.45, 7) is 0.0172. The molecule has 7 heteroatoms. The predicted molar refractivity (Wildman–Crippen MR) is 63.9 cm³/mol. The number of sulfonamides is 1. The van der Waals surface area contributed by atoms with Crippen LogP contribution in [0.3, 0.4) is 0 Å². The van der Waals surface area contributed by atoms with Crippen molar-refractivity contribution in [1.29, 1.82) is 5.26 Å². The van der Waals surface area contributed by atoms with Gasteiger partial charge in [-0.3, -0.25) is 4.79 Å². The van der Waals surface area contributed by atoms with E-state index in [1.165, 1.54) is 18.2 Å². The fourth-order valence-electron chi connectivity index (χ4n) is 1.81. The van der Waals surface area contributed by atoms with Crippen LogP contribution in [0, 0.1) is 11.3 Å². The molecule has 1 aliphatic heterocycles. The van der Waals surface area contributed by atoms with E-state index < -0.39 is 15.9 Å². The first-order valence-electron chi connectivity index (χ1n) is 5.32. The third-order valence-corrected chi connectivity index (χ3v) is 4.50. The van der Waals surface area contributed by atoms with Gasteiger partial charge in [-0.25, -0.2) is 12.7 Å². The molecule has 0 radical (unpaired) electrons. The van der Waals surface area contributed by atoms with Gasteiger partial charge in [-0.05, 0) is 24.6 Å². The molecule has 1 heterocycles. The third-order valence-electron chi connectivity index (χ3n) is 2.68. The topological polar surface area (TPSA) is 104 Å². The SMILES string of the molecule is N#CCCCN1C(=O)c2ccc(N)cc2S1(=O)=O. The monoisotopic (exact) mass is 265 g/mol. The van der Waals surface area contributed by atoms with Crippen molar-refractivity contribution in [3.05, 3.63) is 23.8 Å². The molecule has 1 aromatic carbocycles. The minimum Gasteiger partial charge on any atom is -0.399 e. The Morgan fingerprint density at radius 2 is 2.11 bits per heavy atom.